The highest BCUT2D eigenvalue weighted by atomic mass is 79.9. The second kappa shape index (κ2) is 7.24. The molecule has 0 fully saturated rings. The molecule has 3 rings (SSSR count). The average Bonchev–Trinajstić information content (AvgIpc) is 2.55. The highest BCUT2D eigenvalue weighted by Gasteiger charge is 2.07. The predicted molar refractivity (Wildman–Crippen MR) is 102 cm³/mol. The largest absolute Gasteiger partial charge is 0.484 e. The van der Waals surface area contributed by atoms with E-state index in [1.165, 1.54) is 0 Å². The Labute approximate surface area is 153 Å². The molecule has 3 aromatic carbocycles. The first-order valence-electron chi connectivity index (χ1n) is 7.39. The van der Waals surface area contributed by atoms with Crippen molar-refractivity contribution in [1.82, 2.24) is 0 Å². The molecule has 0 unspecified atom stereocenters. The van der Waals surface area contributed by atoms with Gasteiger partial charge in [-0.25, -0.2) is 0 Å². The summed E-state index contributed by atoms with van der Waals surface area (Å²) in [5.41, 5.74) is 1.62. The Balaban J connectivity index is 1.64. The molecule has 0 aliphatic carbocycles. The van der Waals surface area contributed by atoms with Gasteiger partial charge in [-0.3, -0.25) is 4.79 Å². The van der Waals surface area contributed by atoms with Crippen LogP contribution < -0.4 is 10.1 Å². The number of hydrogen-bond donors (Lipinski definition) is 1. The minimum absolute atomic E-state index is 0.0771. The topological polar surface area (TPSA) is 38.3 Å². The molecule has 24 heavy (non-hydrogen) atoms. The van der Waals surface area contributed by atoms with E-state index >= 15 is 0 Å². The van der Waals surface area contributed by atoms with E-state index in [-0.39, 0.29) is 12.5 Å². The van der Waals surface area contributed by atoms with Crippen LogP contribution >= 0.6 is 27.5 Å². The normalized spacial score (nSPS) is 10.6. The Morgan fingerprint density at radius 1 is 1.08 bits per heavy atom. The standard InChI is InChI=1S/C19H15BrClNO2/c1-12-2-7-18(17(21)8-12)22-19(23)11-24-16-6-4-13-9-15(20)5-3-14(13)10-16/h2-10H,11H2,1H3,(H,22,23). The molecule has 1 amide bonds. The number of halogens is 2. The van der Waals surface area contributed by atoms with Gasteiger partial charge in [-0.2, -0.15) is 0 Å². The zero-order valence-corrected chi connectivity index (χ0v) is 15.3. The third-order valence-corrected chi connectivity index (χ3v) is 4.35. The van der Waals surface area contributed by atoms with Gasteiger partial charge in [-0.1, -0.05) is 45.7 Å². The molecule has 3 aromatic rings. The summed E-state index contributed by atoms with van der Waals surface area (Å²) in [7, 11) is 0. The Hall–Kier alpha value is -2.04. The van der Waals surface area contributed by atoms with Crippen LogP contribution in [0.3, 0.4) is 0 Å². The SMILES string of the molecule is Cc1ccc(NC(=O)COc2ccc3cc(Br)ccc3c2)c(Cl)c1. The summed E-state index contributed by atoms with van der Waals surface area (Å²) in [6.07, 6.45) is 0. The molecule has 5 heteroatoms. The number of anilines is 1. The van der Waals surface area contributed by atoms with Crippen LogP contribution in [0.4, 0.5) is 5.69 Å². The van der Waals surface area contributed by atoms with Gasteiger partial charge in [0.1, 0.15) is 5.75 Å². The molecule has 122 valence electrons. The second-order valence-corrected chi connectivity index (χ2v) is 6.80. The summed E-state index contributed by atoms with van der Waals surface area (Å²) in [6.45, 7) is 1.87. The maximum atomic E-state index is 12.0. The molecule has 3 nitrogen and oxygen atoms in total. The monoisotopic (exact) mass is 403 g/mol. The van der Waals surface area contributed by atoms with Crippen LogP contribution in [-0.2, 0) is 4.79 Å². The van der Waals surface area contributed by atoms with E-state index < -0.39 is 0 Å². The Bertz CT molecular complexity index is 911. The first kappa shape index (κ1) is 16.8. The van der Waals surface area contributed by atoms with Gasteiger partial charge in [-0.15, -0.1) is 0 Å². The molecule has 0 radical (unpaired) electrons. The predicted octanol–water partition coefficient (Wildman–Crippen LogP) is 5.58. The summed E-state index contributed by atoms with van der Waals surface area (Å²) in [5, 5.41) is 5.42. The number of amides is 1. The van der Waals surface area contributed by atoms with E-state index in [4.69, 9.17) is 16.3 Å². The van der Waals surface area contributed by atoms with Crippen molar-refractivity contribution >= 4 is 49.9 Å². The fourth-order valence-electron chi connectivity index (χ4n) is 2.34. The van der Waals surface area contributed by atoms with E-state index in [0.717, 1.165) is 20.8 Å². The van der Waals surface area contributed by atoms with Gasteiger partial charge < -0.3 is 10.1 Å². The molecule has 1 N–H and O–H groups in total. The fraction of sp³-hybridized carbons (Fsp3) is 0.105. The summed E-state index contributed by atoms with van der Waals surface area (Å²) in [4.78, 5) is 12.0. The van der Waals surface area contributed by atoms with Crippen LogP contribution in [0.5, 0.6) is 5.75 Å². The van der Waals surface area contributed by atoms with Crippen molar-refractivity contribution in [2.24, 2.45) is 0 Å². The smallest absolute Gasteiger partial charge is 0.262 e. The number of carbonyl (C=O) groups is 1. The average molecular weight is 405 g/mol. The Morgan fingerprint density at radius 3 is 2.62 bits per heavy atom. The van der Waals surface area contributed by atoms with Crippen LogP contribution in [0.1, 0.15) is 5.56 Å². The molecule has 0 spiro atoms. The summed E-state index contributed by atoms with van der Waals surface area (Å²) in [6, 6.07) is 17.2. The lowest BCUT2D eigenvalue weighted by atomic mass is 10.1. The number of nitrogens with one attached hydrogen (secondary N) is 1. The van der Waals surface area contributed by atoms with E-state index in [1.807, 2.05) is 49.4 Å². The zero-order valence-electron chi connectivity index (χ0n) is 13.0. The number of aryl methyl sites for hydroxylation is 1. The van der Waals surface area contributed by atoms with E-state index in [0.29, 0.717) is 16.5 Å². The van der Waals surface area contributed by atoms with Gasteiger partial charge in [0.05, 0.1) is 10.7 Å². The number of carbonyl (C=O) groups excluding carboxylic acids is 1. The molecule has 0 bridgehead atoms. The van der Waals surface area contributed by atoms with Crippen LogP contribution in [0.2, 0.25) is 5.02 Å². The van der Waals surface area contributed by atoms with Crippen molar-refractivity contribution < 1.29 is 9.53 Å². The molecule has 0 saturated heterocycles. The quantitative estimate of drug-likeness (QED) is 0.616. The lowest BCUT2D eigenvalue weighted by Gasteiger charge is -2.10. The molecular formula is C19H15BrClNO2. The molecule has 0 saturated carbocycles. The van der Waals surface area contributed by atoms with Crippen LogP contribution in [-0.4, -0.2) is 12.5 Å². The molecule has 0 aliphatic heterocycles. The van der Waals surface area contributed by atoms with Crippen LogP contribution in [0, 0.1) is 6.92 Å². The van der Waals surface area contributed by atoms with Crippen molar-refractivity contribution in [2.45, 2.75) is 6.92 Å². The lowest BCUT2D eigenvalue weighted by molar-refractivity contribution is -0.118. The number of fused-ring (bicyclic) bond motifs is 1. The first-order chi connectivity index (χ1) is 11.5. The van der Waals surface area contributed by atoms with E-state index in [1.54, 1.807) is 12.1 Å². The maximum Gasteiger partial charge on any atom is 0.262 e. The van der Waals surface area contributed by atoms with Gasteiger partial charge in [0, 0.05) is 4.47 Å². The van der Waals surface area contributed by atoms with Crippen molar-refractivity contribution in [2.75, 3.05) is 11.9 Å². The van der Waals surface area contributed by atoms with Gasteiger partial charge in [0.2, 0.25) is 0 Å². The molecular weight excluding hydrogens is 390 g/mol. The number of benzene rings is 3. The van der Waals surface area contributed by atoms with Gasteiger partial charge in [-0.05, 0) is 59.7 Å². The van der Waals surface area contributed by atoms with Gasteiger partial charge in [0.25, 0.3) is 5.91 Å². The summed E-state index contributed by atoms with van der Waals surface area (Å²) < 4.78 is 6.60. The summed E-state index contributed by atoms with van der Waals surface area (Å²) >= 11 is 9.56. The molecule has 0 atom stereocenters. The second-order valence-electron chi connectivity index (χ2n) is 5.47. The molecule has 0 heterocycles. The highest BCUT2D eigenvalue weighted by Crippen LogP contribution is 2.25. The number of hydrogen-bond acceptors (Lipinski definition) is 2. The van der Waals surface area contributed by atoms with Crippen molar-refractivity contribution in [3.05, 3.63) is 69.7 Å². The summed E-state index contributed by atoms with van der Waals surface area (Å²) in [5.74, 6) is 0.395. The molecule has 0 aliphatic rings. The fourth-order valence-corrected chi connectivity index (χ4v) is 3.00. The van der Waals surface area contributed by atoms with Crippen molar-refractivity contribution in [1.29, 1.82) is 0 Å². The minimum Gasteiger partial charge on any atom is -0.484 e. The van der Waals surface area contributed by atoms with Gasteiger partial charge in [0.15, 0.2) is 6.61 Å². The van der Waals surface area contributed by atoms with Crippen molar-refractivity contribution in [3.8, 4) is 5.75 Å². The first-order valence-corrected chi connectivity index (χ1v) is 8.56. The highest BCUT2D eigenvalue weighted by molar-refractivity contribution is 9.10. The van der Waals surface area contributed by atoms with E-state index in [9.17, 15) is 4.79 Å². The van der Waals surface area contributed by atoms with E-state index in [2.05, 4.69) is 21.2 Å². The molecule has 0 aromatic heterocycles. The Kier molecular flexibility index (Phi) is 5.07. The lowest BCUT2D eigenvalue weighted by Crippen LogP contribution is -2.20. The number of rotatable bonds is 4. The van der Waals surface area contributed by atoms with Crippen LogP contribution in [0.15, 0.2) is 59.1 Å². The van der Waals surface area contributed by atoms with Gasteiger partial charge >= 0.3 is 0 Å². The maximum absolute atomic E-state index is 12.0. The zero-order chi connectivity index (χ0) is 17.1. The Morgan fingerprint density at radius 2 is 1.83 bits per heavy atom. The third-order valence-electron chi connectivity index (χ3n) is 3.54. The third kappa shape index (κ3) is 4.08. The minimum atomic E-state index is -0.253. The van der Waals surface area contributed by atoms with Crippen molar-refractivity contribution in [3.63, 3.8) is 0 Å². The van der Waals surface area contributed by atoms with Crippen LogP contribution in [0.25, 0.3) is 10.8 Å². The number of ether oxygens (including phenoxy) is 1.